The van der Waals surface area contributed by atoms with Crippen LogP contribution in [0.15, 0.2) is 0 Å². The first-order valence-corrected chi connectivity index (χ1v) is 23.8. The average Bonchev–Trinajstić information content (AvgIpc) is 3.14. The van der Waals surface area contributed by atoms with E-state index in [4.69, 9.17) is 14.2 Å². The molecule has 0 aliphatic heterocycles. The number of aliphatic hydroxyl groups excluding tert-OH is 1. The molecule has 0 aliphatic rings. The molecule has 0 bridgehead atoms. The Bertz CT molecular complexity index is 782. The molecule has 302 valence electrons. The molecule has 0 saturated heterocycles. The quantitative estimate of drug-likeness (QED) is 0.0502. The number of aliphatic hydroxyl groups is 1. The topological polar surface area (TPSA) is 99.1 Å². The van der Waals surface area contributed by atoms with Gasteiger partial charge >= 0.3 is 17.9 Å². The molecule has 0 aromatic carbocycles. The summed E-state index contributed by atoms with van der Waals surface area (Å²) in [5.41, 5.74) is -1.25. The van der Waals surface area contributed by atoms with Gasteiger partial charge in [-0.1, -0.05) is 120 Å². The van der Waals surface area contributed by atoms with E-state index >= 15 is 0 Å². The second kappa shape index (κ2) is 31.7. The molecule has 51 heavy (non-hydrogen) atoms. The molecule has 6 unspecified atom stereocenters. The summed E-state index contributed by atoms with van der Waals surface area (Å²) >= 11 is 5.34. The Balaban J connectivity index is 5.40. The number of thioether (sulfide) groups is 3. The van der Waals surface area contributed by atoms with Gasteiger partial charge < -0.3 is 19.3 Å². The number of esters is 3. The van der Waals surface area contributed by atoms with Crippen molar-refractivity contribution < 1.29 is 33.7 Å². The first kappa shape index (κ1) is 50.4. The van der Waals surface area contributed by atoms with Crippen molar-refractivity contribution in [3.8, 4) is 0 Å². The zero-order chi connectivity index (χ0) is 38.5. The summed E-state index contributed by atoms with van der Waals surface area (Å²) in [6, 6.07) is 0. The fourth-order valence-electron chi connectivity index (χ4n) is 5.49. The van der Waals surface area contributed by atoms with Crippen molar-refractivity contribution >= 4 is 53.2 Å². The Labute approximate surface area is 326 Å². The van der Waals surface area contributed by atoms with Gasteiger partial charge in [-0.15, -0.1) is 0 Å². The highest BCUT2D eigenvalue weighted by atomic mass is 32.2. The van der Waals surface area contributed by atoms with E-state index in [1.807, 2.05) is 20.8 Å². The van der Waals surface area contributed by atoms with Crippen LogP contribution in [0.1, 0.15) is 139 Å². The van der Waals surface area contributed by atoms with E-state index < -0.39 is 12.0 Å². The smallest absolute Gasteiger partial charge is 0.309 e. The Kier molecular flexibility index (Phi) is 31.4. The lowest BCUT2D eigenvalue weighted by molar-refractivity contribution is -0.169. The second-order valence-electron chi connectivity index (χ2n) is 15.0. The van der Waals surface area contributed by atoms with Gasteiger partial charge in [-0.05, 0) is 54.3 Å². The van der Waals surface area contributed by atoms with Crippen molar-refractivity contribution in [3.63, 3.8) is 0 Å². The second-order valence-corrected chi connectivity index (χ2v) is 18.3. The molecule has 0 aromatic rings. The maximum atomic E-state index is 13.1. The SMILES string of the molecule is CCCCC(CC)CSCC(C)C(=O)OCC(CO)(COC(=O)C(C)CSCC(CC)CCCC)COC(=O)C(C)CSCC(CC)CCCC. The van der Waals surface area contributed by atoms with Crippen LogP contribution < -0.4 is 0 Å². The molecule has 0 rings (SSSR count). The molecule has 7 nitrogen and oxygen atoms in total. The van der Waals surface area contributed by atoms with Gasteiger partial charge in [-0.25, -0.2) is 0 Å². The highest BCUT2D eigenvalue weighted by Gasteiger charge is 2.37. The van der Waals surface area contributed by atoms with E-state index in [1.165, 1.54) is 57.8 Å². The Hall–Kier alpha value is -0.580. The van der Waals surface area contributed by atoms with E-state index in [1.54, 1.807) is 35.3 Å². The minimum Gasteiger partial charge on any atom is -0.464 e. The fourth-order valence-corrected chi connectivity index (χ4v) is 9.58. The molecule has 0 saturated carbocycles. The van der Waals surface area contributed by atoms with Crippen molar-refractivity contribution in [2.24, 2.45) is 40.9 Å². The summed E-state index contributed by atoms with van der Waals surface area (Å²) in [7, 11) is 0. The number of hydrogen-bond acceptors (Lipinski definition) is 10. The highest BCUT2D eigenvalue weighted by molar-refractivity contribution is 7.99. The van der Waals surface area contributed by atoms with Crippen LogP contribution in [0.25, 0.3) is 0 Å². The molecule has 0 amide bonds. The van der Waals surface area contributed by atoms with Crippen LogP contribution in [-0.2, 0) is 28.6 Å². The van der Waals surface area contributed by atoms with E-state index in [2.05, 4.69) is 41.5 Å². The summed E-state index contributed by atoms with van der Waals surface area (Å²) in [6.07, 6.45) is 14.3. The minimum absolute atomic E-state index is 0.205. The van der Waals surface area contributed by atoms with Gasteiger partial charge in [0.2, 0.25) is 0 Å². The lowest BCUT2D eigenvalue weighted by Gasteiger charge is -2.31. The number of rotatable bonds is 34. The van der Waals surface area contributed by atoms with Gasteiger partial charge in [0, 0.05) is 17.3 Å². The Morgan fingerprint density at radius 2 is 0.784 bits per heavy atom. The van der Waals surface area contributed by atoms with Crippen LogP contribution in [0.3, 0.4) is 0 Å². The fraction of sp³-hybridized carbons (Fsp3) is 0.927. The van der Waals surface area contributed by atoms with Crippen LogP contribution >= 0.6 is 35.3 Å². The third-order valence-corrected chi connectivity index (χ3v) is 14.2. The highest BCUT2D eigenvalue weighted by Crippen LogP contribution is 2.26. The lowest BCUT2D eigenvalue weighted by Crippen LogP contribution is -2.44. The first-order valence-electron chi connectivity index (χ1n) is 20.3. The number of carbonyl (C=O) groups is 3. The average molecular weight is 779 g/mol. The van der Waals surface area contributed by atoms with Gasteiger partial charge in [-0.3, -0.25) is 14.4 Å². The summed E-state index contributed by atoms with van der Waals surface area (Å²) in [6.45, 7) is 17.8. The van der Waals surface area contributed by atoms with E-state index in [0.29, 0.717) is 35.0 Å². The number of unbranched alkanes of at least 4 members (excludes halogenated alkanes) is 3. The van der Waals surface area contributed by atoms with Crippen molar-refractivity contribution in [1.29, 1.82) is 0 Å². The largest absolute Gasteiger partial charge is 0.464 e. The molecule has 10 heteroatoms. The molecule has 0 aromatic heterocycles. The molecular weight excluding hydrogens is 701 g/mol. The number of ether oxygens (including phenoxy) is 3. The van der Waals surface area contributed by atoms with E-state index in [9.17, 15) is 19.5 Å². The summed E-state index contributed by atoms with van der Waals surface area (Å²) in [5.74, 6) is 4.86. The minimum atomic E-state index is -1.25. The molecule has 1 N–H and O–H groups in total. The Morgan fingerprint density at radius 1 is 0.510 bits per heavy atom. The standard InChI is InChI=1S/C41H78O7S3/c1-10-16-19-35(13-4)25-49-22-32(7)38(43)46-29-41(28-42,30-47-39(44)33(8)23-50-26-36(14-5)20-17-11-2)31-48-40(45)34(9)24-51-27-37(15-6)21-18-12-3/h32-37,42H,10-31H2,1-9H3. The van der Waals surface area contributed by atoms with Crippen molar-refractivity contribution in [2.45, 2.75) is 139 Å². The number of hydrogen-bond donors (Lipinski definition) is 1. The maximum absolute atomic E-state index is 13.1. The molecular formula is C41H78O7S3. The van der Waals surface area contributed by atoms with Crippen molar-refractivity contribution in [2.75, 3.05) is 60.9 Å². The van der Waals surface area contributed by atoms with Gasteiger partial charge in [0.1, 0.15) is 19.8 Å². The normalized spacial score (nSPS) is 16.4. The van der Waals surface area contributed by atoms with Gasteiger partial charge in [0.05, 0.1) is 29.8 Å². The molecule has 0 spiro atoms. The number of carbonyl (C=O) groups excluding carboxylic acids is 3. The third-order valence-electron chi connectivity index (χ3n) is 9.90. The zero-order valence-electron chi connectivity index (χ0n) is 34.1. The van der Waals surface area contributed by atoms with Crippen LogP contribution in [-0.4, -0.2) is 84.0 Å². The van der Waals surface area contributed by atoms with Gasteiger partial charge in [0.25, 0.3) is 0 Å². The van der Waals surface area contributed by atoms with Crippen LogP contribution in [0.4, 0.5) is 0 Å². The maximum Gasteiger partial charge on any atom is 0.309 e. The molecule has 0 heterocycles. The Morgan fingerprint density at radius 3 is 1.00 bits per heavy atom. The summed E-state index contributed by atoms with van der Waals surface area (Å²) in [4.78, 5) is 39.3. The summed E-state index contributed by atoms with van der Waals surface area (Å²) in [5, 5.41) is 10.6. The van der Waals surface area contributed by atoms with Crippen LogP contribution in [0, 0.1) is 40.9 Å². The molecule has 0 aliphatic carbocycles. The van der Waals surface area contributed by atoms with E-state index in [0.717, 1.165) is 36.5 Å². The van der Waals surface area contributed by atoms with Crippen molar-refractivity contribution in [3.05, 3.63) is 0 Å². The zero-order valence-corrected chi connectivity index (χ0v) is 36.6. The van der Waals surface area contributed by atoms with Crippen molar-refractivity contribution in [1.82, 2.24) is 0 Å². The predicted octanol–water partition coefficient (Wildman–Crippen LogP) is 10.4. The monoisotopic (exact) mass is 778 g/mol. The van der Waals surface area contributed by atoms with Crippen LogP contribution in [0.2, 0.25) is 0 Å². The van der Waals surface area contributed by atoms with E-state index in [-0.39, 0.29) is 55.5 Å². The van der Waals surface area contributed by atoms with Gasteiger partial charge in [0.15, 0.2) is 0 Å². The molecule has 0 radical (unpaired) electrons. The first-order chi connectivity index (χ1) is 24.5. The third kappa shape index (κ3) is 23.7. The molecule has 6 atom stereocenters. The lowest BCUT2D eigenvalue weighted by atomic mass is 9.92. The molecule has 0 fully saturated rings. The summed E-state index contributed by atoms with van der Waals surface area (Å²) < 4.78 is 17.3. The van der Waals surface area contributed by atoms with Gasteiger partial charge in [-0.2, -0.15) is 35.3 Å². The van der Waals surface area contributed by atoms with Crippen LogP contribution in [0.5, 0.6) is 0 Å². The predicted molar refractivity (Wildman–Crippen MR) is 222 cm³/mol.